The maximum Gasteiger partial charge on any atom is 0.223 e. The van der Waals surface area contributed by atoms with Crippen LogP contribution < -0.4 is 31.4 Å². The third-order valence-electron chi connectivity index (χ3n) is 7.32. The summed E-state index contributed by atoms with van der Waals surface area (Å²) in [6.07, 6.45) is 2.57. The molecule has 0 unspecified atom stereocenters. The summed E-state index contributed by atoms with van der Waals surface area (Å²) >= 11 is 0. The van der Waals surface area contributed by atoms with Crippen LogP contribution in [0, 0.1) is 0 Å². The van der Waals surface area contributed by atoms with Gasteiger partial charge in [0.1, 0.15) is 13.3 Å². The first-order valence-corrected chi connectivity index (χ1v) is 13.3. The van der Waals surface area contributed by atoms with E-state index < -0.39 is 6.15 Å². The maximum atomic E-state index is 5.02. The lowest BCUT2D eigenvalue weighted by molar-refractivity contribution is -0.885. The predicted molar refractivity (Wildman–Crippen MR) is 165 cm³/mol. The van der Waals surface area contributed by atoms with Crippen LogP contribution in [0.2, 0.25) is 0 Å². The Balaban J connectivity index is 0.000000186. The van der Waals surface area contributed by atoms with Gasteiger partial charge >= 0.3 is 0 Å². The quantitative estimate of drug-likeness (QED) is 0.235. The molecule has 1 aromatic heterocycles. The van der Waals surface area contributed by atoms with Gasteiger partial charge in [0.25, 0.3) is 0 Å². The molecule has 0 aliphatic carbocycles. The Morgan fingerprint density at radius 3 is 0.974 bits per heavy atom. The van der Waals surface area contributed by atoms with Crippen molar-refractivity contribution >= 4 is 28.0 Å². The molecule has 0 amide bonds. The number of benzene rings is 5. The van der Waals surface area contributed by atoms with Crippen molar-refractivity contribution in [3.05, 3.63) is 176 Å². The molecule has 6 rings (SSSR count). The van der Waals surface area contributed by atoms with Crippen molar-refractivity contribution in [1.29, 1.82) is 0 Å². The SMILES string of the molecule is CO[n+]1ccc(-c2ccccc2)cc1.c1ccc([B-](c2ccccc2)(c2ccccc2)c2ccccc2)cc1. The second kappa shape index (κ2) is 12.6. The standard InChI is InChI=1S/C24H20B.C12H12NO/c1-5-13-21(14-6-1)25(22-15-7-2-8-16-22,23-17-9-3-10-18-23)24-19-11-4-12-20-24;1-14-13-9-7-12(8-10-13)11-5-3-2-4-6-11/h1-20H;2-10H,1H3/q-1;+1. The fraction of sp³-hybridized carbons (Fsp3) is 0.0278. The molecule has 0 aliphatic heterocycles. The summed E-state index contributed by atoms with van der Waals surface area (Å²) in [5, 5.41) is 0. The number of hydrogen-bond donors (Lipinski definition) is 0. The second-order valence-electron chi connectivity index (χ2n) is 9.50. The highest BCUT2D eigenvalue weighted by Crippen LogP contribution is 2.16. The summed E-state index contributed by atoms with van der Waals surface area (Å²) in [4.78, 5) is 5.02. The Kier molecular flexibility index (Phi) is 8.30. The highest BCUT2D eigenvalue weighted by Gasteiger charge is 2.31. The zero-order valence-corrected chi connectivity index (χ0v) is 22.2. The first kappa shape index (κ1) is 25.8. The summed E-state index contributed by atoms with van der Waals surface area (Å²) in [5.41, 5.74) is 7.77. The van der Waals surface area contributed by atoms with Crippen molar-refractivity contribution in [3.8, 4) is 11.1 Å². The van der Waals surface area contributed by atoms with E-state index in [2.05, 4.69) is 133 Å². The minimum absolute atomic E-state index is 1.19. The van der Waals surface area contributed by atoms with Gasteiger partial charge in [0, 0.05) is 16.9 Å². The van der Waals surface area contributed by atoms with E-state index in [9.17, 15) is 0 Å². The third kappa shape index (κ3) is 5.68. The van der Waals surface area contributed by atoms with E-state index in [0.29, 0.717) is 0 Å². The summed E-state index contributed by atoms with van der Waals surface area (Å²) in [6, 6.07) is 57.8. The second-order valence-corrected chi connectivity index (χ2v) is 9.50. The molecule has 190 valence electrons. The molecule has 0 aliphatic rings. The van der Waals surface area contributed by atoms with Crippen LogP contribution >= 0.6 is 0 Å². The van der Waals surface area contributed by atoms with E-state index in [-0.39, 0.29) is 0 Å². The molecule has 2 nitrogen and oxygen atoms in total. The van der Waals surface area contributed by atoms with E-state index in [4.69, 9.17) is 4.84 Å². The molecule has 0 saturated heterocycles. The van der Waals surface area contributed by atoms with E-state index in [0.717, 1.165) is 0 Å². The zero-order valence-electron chi connectivity index (χ0n) is 22.2. The van der Waals surface area contributed by atoms with Gasteiger partial charge in [-0.05, 0) is 11.1 Å². The molecule has 0 saturated carbocycles. The number of aromatic nitrogens is 1. The lowest BCUT2D eigenvalue weighted by atomic mass is 9.13. The Labute approximate surface area is 231 Å². The molecule has 0 radical (unpaired) electrons. The molecule has 5 aromatic carbocycles. The molecule has 0 fully saturated rings. The predicted octanol–water partition coefficient (Wildman–Crippen LogP) is 4.76. The van der Waals surface area contributed by atoms with Crippen molar-refractivity contribution in [2.75, 3.05) is 7.11 Å². The summed E-state index contributed by atoms with van der Waals surface area (Å²) in [7, 11) is 1.64. The minimum atomic E-state index is -1.22. The summed E-state index contributed by atoms with van der Waals surface area (Å²) < 4.78 is 1.66. The largest absolute Gasteiger partial charge is 0.275 e. The van der Waals surface area contributed by atoms with Crippen LogP contribution in [0.5, 0.6) is 0 Å². The third-order valence-corrected chi connectivity index (χ3v) is 7.32. The van der Waals surface area contributed by atoms with Crippen molar-refractivity contribution in [2.45, 2.75) is 0 Å². The van der Waals surface area contributed by atoms with Crippen molar-refractivity contribution in [3.63, 3.8) is 0 Å². The molecule has 6 aromatic rings. The normalized spacial score (nSPS) is 10.7. The number of rotatable bonds is 6. The molecular weight excluding hydrogens is 473 g/mol. The van der Waals surface area contributed by atoms with Crippen LogP contribution in [-0.4, -0.2) is 13.3 Å². The van der Waals surface area contributed by atoms with E-state index >= 15 is 0 Å². The van der Waals surface area contributed by atoms with Crippen LogP contribution in [0.25, 0.3) is 11.1 Å². The van der Waals surface area contributed by atoms with Crippen LogP contribution in [-0.2, 0) is 0 Å². The molecule has 0 atom stereocenters. The van der Waals surface area contributed by atoms with Gasteiger partial charge in [0.2, 0.25) is 12.4 Å². The van der Waals surface area contributed by atoms with E-state index in [1.165, 1.54) is 33.0 Å². The van der Waals surface area contributed by atoms with Crippen LogP contribution in [0.1, 0.15) is 0 Å². The highest BCUT2D eigenvalue weighted by molar-refractivity contribution is 7.19. The smallest absolute Gasteiger partial charge is 0.223 e. The van der Waals surface area contributed by atoms with Gasteiger partial charge in [-0.3, -0.25) is 4.84 Å². The Morgan fingerprint density at radius 1 is 0.385 bits per heavy atom. The molecule has 1 heterocycles. The van der Waals surface area contributed by atoms with Gasteiger partial charge < -0.3 is 0 Å². The lowest BCUT2D eigenvalue weighted by Gasteiger charge is -2.44. The zero-order chi connectivity index (χ0) is 26.8. The minimum Gasteiger partial charge on any atom is -0.275 e. The van der Waals surface area contributed by atoms with Gasteiger partial charge in [0.15, 0.2) is 0 Å². The van der Waals surface area contributed by atoms with Gasteiger partial charge in [-0.25, -0.2) is 0 Å². The van der Waals surface area contributed by atoms with E-state index in [1.54, 1.807) is 11.8 Å². The molecule has 0 N–H and O–H groups in total. The molecule has 3 heteroatoms. The molecular formula is C36H32BNO. The maximum absolute atomic E-state index is 5.02. The van der Waals surface area contributed by atoms with Crippen molar-refractivity contribution in [2.24, 2.45) is 0 Å². The Morgan fingerprint density at radius 2 is 0.667 bits per heavy atom. The van der Waals surface area contributed by atoms with Crippen LogP contribution in [0.4, 0.5) is 0 Å². The number of nitrogens with zero attached hydrogens (tertiary/aromatic N) is 1. The molecule has 0 spiro atoms. The monoisotopic (exact) mass is 505 g/mol. The first-order valence-electron chi connectivity index (χ1n) is 13.3. The fourth-order valence-corrected chi connectivity index (χ4v) is 5.48. The van der Waals surface area contributed by atoms with Gasteiger partial charge in [-0.15, -0.1) is 0 Å². The van der Waals surface area contributed by atoms with Crippen LogP contribution in [0.3, 0.4) is 0 Å². The fourth-order valence-electron chi connectivity index (χ4n) is 5.48. The highest BCUT2D eigenvalue weighted by atomic mass is 16.6. The topological polar surface area (TPSA) is 13.1 Å². The van der Waals surface area contributed by atoms with Crippen molar-refractivity contribution < 1.29 is 9.57 Å². The Hall–Kier alpha value is -4.89. The number of hydrogen-bond acceptors (Lipinski definition) is 1. The average Bonchev–Trinajstić information content (AvgIpc) is 3.04. The summed E-state index contributed by atoms with van der Waals surface area (Å²) in [5.74, 6) is 0. The van der Waals surface area contributed by atoms with Crippen LogP contribution in [0.15, 0.2) is 176 Å². The molecule has 0 bridgehead atoms. The van der Waals surface area contributed by atoms with Gasteiger partial charge in [-0.2, -0.15) is 21.9 Å². The van der Waals surface area contributed by atoms with E-state index in [1.807, 2.05) is 42.7 Å². The van der Waals surface area contributed by atoms with Crippen molar-refractivity contribution in [1.82, 2.24) is 0 Å². The van der Waals surface area contributed by atoms with Gasteiger partial charge in [0.05, 0.1) is 0 Å². The van der Waals surface area contributed by atoms with Gasteiger partial charge in [-0.1, -0.05) is 152 Å². The molecule has 39 heavy (non-hydrogen) atoms. The Bertz CT molecular complexity index is 1380. The first-order chi connectivity index (χ1) is 19.3. The average molecular weight is 505 g/mol. The summed E-state index contributed by atoms with van der Waals surface area (Å²) in [6.45, 7) is 0. The lowest BCUT2D eigenvalue weighted by Crippen LogP contribution is -2.74. The number of pyridine rings is 1.